The first kappa shape index (κ1) is 23.1. The fourth-order valence-corrected chi connectivity index (χ4v) is 5.73. The van der Waals surface area contributed by atoms with Gasteiger partial charge < -0.3 is 10.2 Å². The number of amides is 2. The van der Waals surface area contributed by atoms with Crippen molar-refractivity contribution in [1.29, 1.82) is 0 Å². The Labute approximate surface area is 196 Å². The number of hydrogen-bond donors (Lipinski definition) is 1. The van der Waals surface area contributed by atoms with Crippen molar-refractivity contribution in [3.05, 3.63) is 64.7 Å². The van der Waals surface area contributed by atoms with E-state index in [1.54, 1.807) is 23.1 Å². The molecule has 0 aliphatic carbocycles. The third kappa shape index (κ3) is 5.28. The Kier molecular flexibility index (Phi) is 6.57. The van der Waals surface area contributed by atoms with Crippen molar-refractivity contribution in [2.75, 3.05) is 22.5 Å². The van der Waals surface area contributed by atoms with Gasteiger partial charge in [0.15, 0.2) is 9.84 Å². The molecule has 33 heavy (non-hydrogen) atoms. The molecular weight excluding hydrogens is 460 g/mol. The Balaban J connectivity index is 1.35. The van der Waals surface area contributed by atoms with Crippen LogP contribution in [0.25, 0.3) is 0 Å². The standard InChI is InChI=1S/C23H24N4O4S2/c1-15-8-9-18(12-16(15)2)27-14-17(13-21(27)29)22-25-26-23(32-22)24-20(28)10-11-33(30,31)19-6-4-3-5-7-19/h3-9,12,17H,10-11,13-14H2,1-2H3,(H,24,26,28)/t17-/m0/s1. The number of hydrogen-bond acceptors (Lipinski definition) is 7. The van der Waals surface area contributed by atoms with Gasteiger partial charge in [0, 0.05) is 31.0 Å². The number of sulfone groups is 1. The van der Waals surface area contributed by atoms with Crippen LogP contribution in [-0.2, 0) is 19.4 Å². The molecule has 2 aromatic carbocycles. The lowest BCUT2D eigenvalue weighted by Crippen LogP contribution is -2.24. The molecule has 0 unspecified atom stereocenters. The van der Waals surface area contributed by atoms with Gasteiger partial charge in [0.1, 0.15) is 5.01 Å². The number of carbonyl (C=O) groups is 2. The number of aryl methyl sites for hydroxylation is 2. The lowest BCUT2D eigenvalue weighted by atomic mass is 10.1. The molecule has 0 spiro atoms. The Hall–Kier alpha value is -3.11. The summed E-state index contributed by atoms with van der Waals surface area (Å²) in [7, 11) is -3.54. The molecule has 1 N–H and O–H groups in total. The molecule has 1 atom stereocenters. The molecule has 1 aliphatic rings. The van der Waals surface area contributed by atoms with Crippen LogP contribution in [0.2, 0.25) is 0 Å². The molecule has 10 heteroatoms. The van der Waals surface area contributed by atoms with Crippen molar-refractivity contribution in [2.24, 2.45) is 0 Å². The number of benzene rings is 2. The molecule has 3 aromatic rings. The van der Waals surface area contributed by atoms with Crippen molar-refractivity contribution in [3.8, 4) is 0 Å². The van der Waals surface area contributed by atoms with E-state index in [-0.39, 0.29) is 28.9 Å². The van der Waals surface area contributed by atoms with E-state index in [1.807, 2.05) is 32.0 Å². The second kappa shape index (κ2) is 9.40. The van der Waals surface area contributed by atoms with E-state index in [0.29, 0.717) is 23.1 Å². The number of anilines is 2. The maximum Gasteiger partial charge on any atom is 0.227 e. The average molecular weight is 485 g/mol. The molecule has 1 saturated heterocycles. The van der Waals surface area contributed by atoms with Crippen LogP contribution in [-0.4, -0.2) is 42.7 Å². The maximum atomic E-state index is 12.6. The molecule has 0 saturated carbocycles. The van der Waals surface area contributed by atoms with Gasteiger partial charge >= 0.3 is 0 Å². The number of aromatic nitrogens is 2. The largest absolute Gasteiger partial charge is 0.312 e. The van der Waals surface area contributed by atoms with Gasteiger partial charge in [0.25, 0.3) is 0 Å². The molecule has 2 heterocycles. The molecule has 0 bridgehead atoms. The quantitative estimate of drug-likeness (QED) is 0.550. The minimum Gasteiger partial charge on any atom is -0.312 e. The normalized spacial score (nSPS) is 16.2. The lowest BCUT2D eigenvalue weighted by molar-refractivity contribution is -0.117. The fraction of sp³-hybridized carbons (Fsp3) is 0.304. The lowest BCUT2D eigenvalue weighted by Gasteiger charge is -2.17. The van der Waals surface area contributed by atoms with E-state index in [2.05, 4.69) is 15.5 Å². The summed E-state index contributed by atoms with van der Waals surface area (Å²) in [6, 6.07) is 14.0. The Morgan fingerprint density at radius 1 is 1.12 bits per heavy atom. The van der Waals surface area contributed by atoms with Gasteiger partial charge in [-0.05, 0) is 49.2 Å². The number of carbonyl (C=O) groups excluding carboxylic acids is 2. The summed E-state index contributed by atoms with van der Waals surface area (Å²) in [5.41, 5.74) is 3.16. The molecule has 172 valence electrons. The van der Waals surface area contributed by atoms with Crippen LogP contribution in [0.3, 0.4) is 0 Å². The van der Waals surface area contributed by atoms with Crippen molar-refractivity contribution in [1.82, 2.24) is 10.2 Å². The summed E-state index contributed by atoms with van der Waals surface area (Å²) < 4.78 is 24.7. The summed E-state index contributed by atoms with van der Waals surface area (Å²) in [5.74, 6) is -0.830. The fourth-order valence-electron chi connectivity index (χ4n) is 3.62. The first-order valence-electron chi connectivity index (χ1n) is 10.5. The van der Waals surface area contributed by atoms with Crippen LogP contribution in [0.5, 0.6) is 0 Å². The summed E-state index contributed by atoms with van der Waals surface area (Å²) in [5, 5.41) is 11.8. The van der Waals surface area contributed by atoms with Crippen LogP contribution < -0.4 is 10.2 Å². The zero-order valence-electron chi connectivity index (χ0n) is 18.3. The number of nitrogens with one attached hydrogen (secondary N) is 1. The summed E-state index contributed by atoms with van der Waals surface area (Å²) >= 11 is 1.21. The zero-order valence-corrected chi connectivity index (χ0v) is 19.9. The SMILES string of the molecule is Cc1ccc(N2C[C@@H](c3nnc(NC(=O)CCS(=O)(=O)c4ccccc4)s3)CC2=O)cc1C. The molecule has 2 amide bonds. The van der Waals surface area contributed by atoms with Gasteiger partial charge in [-0.2, -0.15) is 0 Å². The third-order valence-electron chi connectivity index (χ3n) is 5.66. The molecule has 1 fully saturated rings. The second-order valence-corrected chi connectivity index (χ2v) is 11.2. The zero-order chi connectivity index (χ0) is 23.6. The summed E-state index contributed by atoms with van der Waals surface area (Å²) in [6.07, 6.45) is 0.138. The minimum absolute atomic E-state index is 0.0233. The van der Waals surface area contributed by atoms with Gasteiger partial charge in [-0.15, -0.1) is 10.2 Å². The number of nitrogens with zero attached hydrogens (tertiary/aromatic N) is 3. The average Bonchev–Trinajstić information content (AvgIpc) is 3.41. The molecule has 0 radical (unpaired) electrons. The first-order chi connectivity index (χ1) is 15.7. The van der Waals surface area contributed by atoms with Crippen molar-refractivity contribution < 1.29 is 18.0 Å². The van der Waals surface area contributed by atoms with Gasteiger partial charge in [-0.3, -0.25) is 9.59 Å². The number of rotatable bonds is 7. The molecular formula is C23H24N4O4S2. The highest BCUT2D eigenvalue weighted by molar-refractivity contribution is 7.91. The van der Waals surface area contributed by atoms with Crippen LogP contribution in [0.15, 0.2) is 53.4 Å². The Morgan fingerprint density at radius 2 is 1.88 bits per heavy atom. The second-order valence-electron chi connectivity index (χ2n) is 8.05. The topological polar surface area (TPSA) is 109 Å². The van der Waals surface area contributed by atoms with Gasteiger partial charge in [0.2, 0.25) is 16.9 Å². The highest BCUT2D eigenvalue weighted by atomic mass is 32.2. The summed E-state index contributed by atoms with van der Waals surface area (Å²) in [4.78, 5) is 26.8. The van der Waals surface area contributed by atoms with Crippen molar-refractivity contribution in [2.45, 2.75) is 37.5 Å². The predicted octanol–water partition coefficient (Wildman–Crippen LogP) is 3.48. The highest BCUT2D eigenvalue weighted by Gasteiger charge is 2.34. The molecule has 1 aliphatic heterocycles. The van der Waals surface area contributed by atoms with Gasteiger partial charge in [-0.25, -0.2) is 8.42 Å². The van der Waals surface area contributed by atoms with E-state index in [1.165, 1.54) is 29.0 Å². The first-order valence-corrected chi connectivity index (χ1v) is 13.0. The van der Waals surface area contributed by atoms with Crippen LogP contribution in [0, 0.1) is 13.8 Å². The van der Waals surface area contributed by atoms with Crippen molar-refractivity contribution in [3.63, 3.8) is 0 Å². The molecule has 8 nitrogen and oxygen atoms in total. The van der Waals surface area contributed by atoms with E-state index >= 15 is 0 Å². The van der Waals surface area contributed by atoms with Crippen molar-refractivity contribution >= 4 is 43.8 Å². The predicted molar refractivity (Wildman–Crippen MR) is 127 cm³/mol. The monoisotopic (exact) mass is 484 g/mol. The van der Waals surface area contributed by atoms with E-state index in [9.17, 15) is 18.0 Å². The summed E-state index contributed by atoms with van der Waals surface area (Å²) in [6.45, 7) is 4.54. The Morgan fingerprint density at radius 3 is 2.61 bits per heavy atom. The van der Waals surface area contributed by atoms with Crippen LogP contribution in [0.1, 0.15) is 34.9 Å². The minimum atomic E-state index is -3.54. The van der Waals surface area contributed by atoms with E-state index in [4.69, 9.17) is 0 Å². The van der Waals surface area contributed by atoms with E-state index < -0.39 is 15.7 Å². The van der Waals surface area contributed by atoms with E-state index in [0.717, 1.165) is 11.3 Å². The van der Waals surface area contributed by atoms with Gasteiger partial charge in [0.05, 0.1) is 10.6 Å². The van der Waals surface area contributed by atoms with Gasteiger partial charge in [-0.1, -0.05) is 35.6 Å². The smallest absolute Gasteiger partial charge is 0.227 e. The highest BCUT2D eigenvalue weighted by Crippen LogP contribution is 2.34. The Bertz CT molecular complexity index is 1290. The third-order valence-corrected chi connectivity index (χ3v) is 8.40. The maximum absolute atomic E-state index is 12.6. The van der Waals surface area contributed by atoms with Crippen LogP contribution >= 0.6 is 11.3 Å². The van der Waals surface area contributed by atoms with Crippen LogP contribution in [0.4, 0.5) is 10.8 Å². The molecule has 4 rings (SSSR count). The molecule has 1 aromatic heterocycles.